The minimum absolute atomic E-state index is 0.438. The van der Waals surface area contributed by atoms with Crippen LogP contribution in [-0.2, 0) is 6.54 Å². The molecule has 0 fully saturated rings. The van der Waals surface area contributed by atoms with Crippen molar-refractivity contribution in [2.24, 2.45) is 0 Å². The van der Waals surface area contributed by atoms with Crippen LogP contribution in [0.4, 0.5) is 0 Å². The number of hydrogen-bond acceptors (Lipinski definition) is 3. The average molecular weight is 214 g/mol. The molecule has 0 atom stereocenters. The highest BCUT2D eigenvalue weighted by Crippen LogP contribution is 2.18. The molecule has 0 saturated carbocycles. The number of aryl methyl sites for hydroxylation is 1. The van der Waals surface area contributed by atoms with E-state index < -0.39 is 0 Å². The standard InChI is InChI=1S/C8H8ClN3S/c1-6-2-3-13-7(6)4-12-5-10-11-8(12)9/h2-3,5H,4H2,1H3. The van der Waals surface area contributed by atoms with E-state index in [0.29, 0.717) is 5.28 Å². The summed E-state index contributed by atoms with van der Waals surface area (Å²) in [6.45, 7) is 2.85. The summed E-state index contributed by atoms with van der Waals surface area (Å²) >= 11 is 7.52. The summed E-state index contributed by atoms with van der Waals surface area (Å²) in [5, 5.41) is 9.94. The molecule has 5 heteroatoms. The molecule has 13 heavy (non-hydrogen) atoms. The zero-order chi connectivity index (χ0) is 9.26. The van der Waals surface area contributed by atoms with Gasteiger partial charge in [0.05, 0.1) is 6.54 Å². The third-order valence-electron chi connectivity index (χ3n) is 1.85. The van der Waals surface area contributed by atoms with Gasteiger partial charge < -0.3 is 0 Å². The Kier molecular flexibility index (Phi) is 2.33. The minimum atomic E-state index is 0.438. The Balaban J connectivity index is 2.24. The van der Waals surface area contributed by atoms with E-state index in [2.05, 4.69) is 28.6 Å². The number of nitrogens with zero attached hydrogens (tertiary/aromatic N) is 3. The molecule has 2 aromatic rings. The molecule has 0 unspecified atom stereocenters. The van der Waals surface area contributed by atoms with Crippen molar-refractivity contribution in [2.45, 2.75) is 13.5 Å². The van der Waals surface area contributed by atoms with Crippen LogP contribution in [0.1, 0.15) is 10.4 Å². The maximum absolute atomic E-state index is 5.80. The van der Waals surface area contributed by atoms with E-state index in [1.165, 1.54) is 10.4 Å². The SMILES string of the molecule is Cc1ccsc1Cn1cnnc1Cl. The largest absolute Gasteiger partial charge is 0.299 e. The predicted molar refractivity (Wildman–Crippen MR) is 53.2 cm³/mol. The summed E-state index contributed by atoms with van der Waals surface area (Å²) < 4.78 is 1.82. The summed E-state index contributed by atoms with van der Waals surface area (Å²) in [5.41, 5.74) is 1.29. The lowest BCUT2D eigenvalue weighted by molar-refractivity contribution is 0.803. The first kappa shape index (κ1) is 8.72. The van der Waals surface area contributed by atoms with Crippen LogP contribution in [0.3, 0.4) is 0 Å². The highest BCUT2D eigenvalue weighted by atomic mass is 35.5. The molecule has 68 valence electrons. The second-order valence-corrected chi connectivity index (χ2v) is 4.09. The van der Waals surface area contributed by atoms with Crippen LogP contribution in [0, 0.1) is 6.92 Å². The second kappa shape index (κ2) is 3.47. The molecule has 0 spiro atoms. The molecule has 0 saturated heterocycles. The van der Waals surface area contributed by atoms with Crippen LogP contribution in [0.15, 0.2) is 17.8 Å². The Morgan fingerprint density at radius 3 is 3.00 bits per heavy atom. The monoisotopic (exact) mass is 213 g/mol. The average Bonchev–Trinajstić information content (AvgIpc) is 2.65. The van der Waals surface area contributed by atoms with E-state index >= 15 is 0 Å². The van der Waals surface area contributed by atoms with Crippen molar-refractivity contribution in [1.82, 2.24) is 14.8 Å². The van der Waals surface area contributed by atoms with Gasteiger partial charge in [-0.15, -0.1) is 21.5 Å². The smallest absolute Gasteiger partial charge is 0.225 e. The lowest BCUT2D eigenvalue weighted by Gasteiger charge is -2.00. The lowest BCUT2D eigenvalue weighted by Crippen LogP contribution is -1.97. The highest BCUT2D eigenvalue weighted by Gasteiger charge is 2.04. The summed E-state index contributed by atoms with van der Waals surface area (Å²) in [6, 6.07) is 2.10. The van der Waals surface area contributed by atoms with Crippen molar-refractivity contribution in [3.63, 3.8) is 0 Å². The van der Waals surface area contributed by atoms with Crippen molar-refractivity contribution in [2.75, 3.05) is 0 Å². The molecular weight excluding hydrogens is 206 g/mol. The van der Waals surface area contributed by atoms with Crippen LogP contribution in [0.25, 0.3) is 0 Å². The normalized spacial score (nSPS) is 10.6. The molecule has 3 nitrogen and oxygen atoms in total. The van der Waals surface area contributed by atoms with Crippen LogP contribution < -0.4 is 0 Å². The van der Waals surface area contributed by atoms with Crippen molar-refractivity contribution in [3.8, 4) is 0 Å². The van der Waals surface area contributed by atoms with Gasteiger partial charge in [0, 0.05) is 4.88 Å². The molecule has 0 aliphatic heterocycles. The maximum atomic E-state index is 5.80. The van der Waals surface area contributed by atoms with Crippen molar-refractivity contribution >= 4 is 22.9 Å². The molecule has 2 rings (SSSR count). The van der Waals surface area contributed by atoms with E-state index in [1.54, 1.807) is 17.7 Å². The van der Waals surface area contributed by atoms with E-state index in [0.717, 1.165) is 6.54 Å². The molecule has 0 aliphatic carbocycles. The first-order chi connectivity index (χ1) is 6.27. The summed E-state index contributed by atoms with van der Waals surface area (Å²) in [5.74, 6) is 0. The Morgan fingerprint density at radius 1 is 1.62 bits per heavy atom. The van der Waals surface area contributed by atoms with Gasteiger partial charge in [0.2, 0.25) is 5.28 Å². The molecule has 0 amide bonds. The van der Waals surface area contributed by atoms with E-state index in [4.69, 9.17) is 11.6 Å². The van der Waals surface area contributed by atoms with E-state index in [9.17, 15) is 0 Å². The predicted octanol–water partition coefficient (Wildman–Crippen LogP) is 2.35. The van der Waals surface area contributed by atoms with Crippen molar-refractivity contribution < 1.29 is 0 Å². The first-order valence-electron chi connectivity index (χ1n) is 3.83. The molecule has 0 radical (unpaired) electrons. The van der Waals surface area contributed by atoms with E-state index in [-0.39, 0.29) is 0 Å². The quantitative estimate of drug-likeness (QED) is 0.767. The minimum Gasteiger partial charge on any atom is -0.299 e. The van der Waals surface area contributed by atoms with Crippen molar-refractivity contribution in [3.05, 3.63) is 33.5 Å². The molecule has 0 aromatic carbocycles. The van der Waals surface area contributed by atoms with Gasteiger partial charge in [0.25, 0.3) is 0 Å². The lowest BCUT2D eigenvalue weighted by atomic mass is 10.3. The molecule has 0 bridgehead atoms. The third kappa shape index (κ3) is 1.73. The Hall–Kier alpha value is -0.870. The summed E-state index contributed by atoms with van der Waals surface area (Å²) in [4.78, 5) is 1.29. The van der Waals surface area contributed by atoms with Gasteiger partial charge in [-0.1, -0.05) is 0 Å². The number of halogens is 1. The summed E-state index contributed by atoms with van der Waals surface area (Å²) in [7, 11) is 0. The number of thiophene rings is 1. The van der Waals surface area contributed by atoms with E-state index in [1.807, 2.05) is 4.57 Å². The molecular formula is C8H8ClN3S. The van der Waals surface area contributed by atoms with Gasteiger partial charge in [-0.25, -0.2) is 0 Å². The number of rotatable bonds is 2. The Morgan fingerprint density at radius 2 is 2.46 bits per heavy atom. The summed E-state index contributed by atoms with van der Waals surface area (Å²) in [6.07, 6.45) is 1.64. The molecule has 0 aliphatic rings. The molecule has 2 heterocycles. The fourth-order valence-corrected chi connectivity index (χ4v) is 2.12. The Labute approximate surface area is 85.0 Å². The van der Waals surface area contributed by atoms with Crippen LogP contribution in [0.2, 0.25) is 5.28 Å². The Bertz CT molecular complexity index is 369. The van der Waals surface area contributed by atoms with Gasteiger partial charge >= 0.3 is 0 Å². The van der Waals surface area contributed by atoms with Gasteiger partial charge in [0.1, 0.15) is 6.33 Å². The second-order valence-electron chi connectivity index (χ2n) is 2.75. The molecule has 0 N–H and O–H groups in total. The van der Waals surface area contributed by atoms with Crippen LogP contribution in [0.5, 0.6) is 0 Å². The number of hydrogen-bond donors (Lipinski definition) is 0. The highest BCUT2D eigenvalue weighted by molar-refractivity contribution is 7.10. The first-order valence-corrected chi connectivity index (χ1v) is 5.09. The zero-order valence-corrected chi connectivity index (χ0v) is 8.64. The number of aromatic nitrogens is 3. The molecule has 2 aromatic heterocycles. The van der Waals surface area contributed by atoms with Gasteiger partial charge in [-0.3, -0.25) is 4.57 Å². The van der Waals surface area contributed by atoms with Gasteiger partial charge in [-0.05, 0) is 35.5 Å². The zero-order valence-electron chi connectivity index (χ0n) is 7.07. The van der Waals surface area contributed by atoms with Crippen molar-refractivity contribution in [1.29, 1.82) is 0 Å². The third-order valence-corrected chi connectivity index (χ3v) is 3.15. The fourth-order valence-electron chi connectivity index (χ4n) is 1.07. The fraction of sp³-hybridized carbons (Fsp3) is 0.250. The van der Waals surface area contributed by atoms with Gasteiger partial charge in [-0.2, -0.15) is 0 Å². The van der Waals surface area contributed by atoms with Gasteiger partial charge in [0.15, 0.2) is 0 Å². The van der Waals surface area contributed by atoms with Crippen LogP contribution >= 0.6 is 22.9 Å². The van der Waals surface area contributed by atoms with Crippen LogP contribution in [-0.4, -0.2) is 14.8 Å². The maximum Gasteiger partial charge on any atom is 0.225 e. The topological polar surface area (TPSA) is 30.7 Å².